The van der Waals surface area contributed by atoms with Crippen LogP contribution in [0.15, 0.2) is 12.4 Å². The summed E-state index contributed by atoms with van der Waals surface area (Å²) in [5, 5.41) is 12.1. The lowest BCUT2D eigenvalue weighted by Crippen LogP contribution is -2.28. The van der Waals surface area contributed by atoms with Crippen LogP contribution in [0.25, 0.3) is 0 Å². The van der Waals surface area contributed by atoms with Gasteiger partial charge in [0.05, 0.1) is 0 Å². The molecule has 1 saturated heterocycles. The highest BCUT2D eigenvalue weighted by molar-refractivity contribution is 5.50. The minimum atomic E-state index is 0.388. The molecular weight excluding hydrogens is 218 g/mol. The minimum Gasteiger partial charge on any atom is -0.381 e. The second-order valence-electron chi connectivity index (χ2n) is 3.95. The number of hydrogen-bond donors (Lipinski definition) is 1. The van der Waals surface area contributed by atoms with Gasteiger partial charge in [-0.25, -0.2) is 9.97 Å². The van der Waals surface area contributed by atoms with Crippen molar-refractivity contribution < 1.29 is 4.74 Å². The maximum Gasteiger partial charge on any atom is 0.185 e. The largest absolute Gasteiger partial charge is 0.381 e. The van der Waals surface area contributed by atoms with Crippen LogP contribution in [0.1, 0.15) is 12.8 Å². The van der Waals surface area contributed by atoms with E-state index in [0.29, 0.717) is 11.9 Å². The molecule has 0 spiro atoms. The molecule has 0 atom stereocenters. The molecule has 2 rings (SSSR count). The maximum absolute atomic E-state index is 8.78. The molecule has 1 aromatic rings. The molecule has 0 unspecified atom stereocenters. The van der Waals surface area contributed by atoms with E-state index in [1.165, 1.54) is 11.2 Å². The van der Waals surface area contributed by atoms with E-state index in [9.17, 15) is 0 Å². The van der Waals surface area contributed by atoms with Crippen LogP contribution in [-0.2, 0) is 4.74 Å². The summed E-state index contributed by atoms with van der Waals surface area (Å²) in [6, 6.07) is 2.16. The molecule has 0 bridgehead atoms. The Hall–Kier alpha value is -1.87. The first kappa shape index (κ1) is 11.6. The van der Waals surface area contributed by atoms with Crippen LogP contribution in [0.5, 0.6) is 0 Å². The molecule has 0 aromatic carbocycles. The molecule has 1 aliphatic rings. The van der Waals surface area contributed by atoms with E-state index in [-0.39, 0.29) is 0 Å². The van der Waals surface area contributed by atoms with Crippen LogP contribution in [0.2, 0.25) is 0 Å². The van der Waals surface area contributed by atoms with Gasteiger partial charge in [-0.3, -0.25) is 4.90 Å². The molecule has 1 fully saturated rings. The van der Waals surface area contributed by atoms with E-state index < -0.39 is 0 Å². The summed E-state index contributed by atoms with van der Waals surface area (Å²) in [5.74, 6) is 1.35. The van der Waals surface area contributed by atoms with Crippen molar-refractivity contribution in [3.8, 4) is 6.19 Å². The van der Waals surface area contributed by atoms with Crippen molar-refractivity contribution in [3.05, 3.63) is 12.4 Å². The van der Waals surface area contributed by atoms with Crippen molar-refractivity contribution in [1.29, 1.82) is 5.26 Å². The van der Waals surface area contributed by atoms with Crippen molar-refractivity contribution in [2.45, 2.75) is 18.9 Å². The van der Waals surface area contributed by atoms with E-state index in [1.54, 1.807) is 13.1 Å². The third kappa shape index (κ3) is 3.04. The highest BCUT2D eigenvalue weighted by Gasteiger charge is 2.14. The van der Waals surface area contributed by atoms with E-state index in [1.807, 2.05) is 6.19 Å². The Balaban J connectivity index is 2.03. The molecule has 0 amide bonds. The number of nitrogens with zero attached hydrogens (tertiary/aromatic N) is 4. The molecule has 6 nitrogen and oxygen atoms in total. The predicted molar refractivity (Wildman–Crippen MR) is 63.5 cm³/mol. The third-order valence-corrected chi connectivity index (χ3v) is 2.72. The topological polar surface area (TPSA) is 74.1 Å². The Morgan fingerprint density at radius 2 is 2.24 bits per heavy atom. The molecule has 0 saturated carbocycles. The van der Waals surface area contributed by atoms with Gasteiger partial charge in [0.1, 0.15) is 18.0 Å². The summed E-state index contributed by atoms with van der Waals surface area (Å²) in [7, 11) is 1.67. The van der Waals surface area contributed by atoms with E-state index >= 15 is 0 Å². The van der Waals surface area contributed by atoms with Crippen LogP contribution in [0, 0.1) is 11.5 Å². The average Bonchev–Trinajstić information content (AvgIpc) is 2.39. The first-order valence-corrected chi connectivity index (χ1v) is 5.59. The summed E-state index contributed by atoms with van der Waals surface area (Å²) >= 11 is 0. The molecule has 17 heavy (non-hydrogen) atoms. The van der Waals surface area contributed by atoms with Gasteiger partial charge >= 0.3 is 0 Å². The Morgan fingerprint density at radius 1 is 1.47 bits per heavy atom. The van der Waals surface area contributed by atoms with Crippen molar-refractivity contribution in [1.82, 2.24) is 9.97 Å². The lowest BCUT2D eigenvalue weighted by molar-refractivity contribution is 0.0904. The number of nitriles is 1. The van der Waals surface area contributed by atoms with Gasteiger partial charge in [0.25, 0.3) is 0 Å². The van der Waals surface area contributed by atoms with Crippen LogP contribution in [0.3, 0.4) is 0 Å². The Kier molecular flexibility index (Phi) is 3.73. The minimum absolute atomic E-state index is 0.388. The SMILES string of the molecule is CN(C#N)c1cc(NC2CCOCC2)ncn1. The maximum atomic E-state index is 8.78. The van der Waals surface area contributed by atoms with Gasteiger partial charge in [-0.2, -0.15) is 5.26 Å². The van der Waals surface area contributed by atoms with Crippen LogP contribution < -0.4 is 10.2 Å². The number of nitrogens with one attached hydrogen (secondary N) is 1. The van der Waals surface area contributed by atoms with Gasteiger partial charge in [0, 0.05) is 32.4 Å². The molecule has 6 heteroatoms. The normalized spacial score (nSPS) is 16.2. The zero-order chi connectivity index (χ0) is 12.1. The molecule has 1 N–H and O–H groups in total. The summed E-state index contributed by atoms with van der Waals surface area (Å²) in [4.78, 5) is 9.58. The molecule has 0 radical (unpaired) electrons. The zero-order valence-electron chi connectivity index (χ0n) is 9.76. The number of rotatable bonds is 3. The van der Waals surface area contributed by atoms with E-state index in [4.69, 9.17) is 10.00 Å². The Morgan fingerprint density at radius 3 is 2.94 bits per heavy atom. The highest BCUT2D eigenvalue weighted by atomic mass is 16.5. The van der Waals surface area contributed by atoms with Crippen molar-refractivity contribution in [2.75, 3.05) is 30.5 Å². The third-order valence-electron chi connectivity index (χ3n) is 2.72. The first-order chi connectivity index (χ1) is 8.29. The highest BCUT2D eigenvalue weighted by Crippen LogP contribution is 2.16. The molecule has 2 heterocycles. The molecule has 1 aromatic heterocycles. The monoisotopic (exact) mass is 233 g/mol. The van der Waals surface area contributed by atoms with Gasteiger partial charge in [0.2, 0.25) is 0 Å². The number of ether oxygens (including phenoxy) is 1. The van der Waals surface area contributed by atoms with Crippen LogP contribution in [0.4, 0.5) is 11.6 Å². The summed E-state index contributed by atoms with van der Waals surface area (Å²) in [6.07, 6.45) is 5.43. The average molecular weight is 233 g/mol. The molecule has 0 aliphatic carbocycles. The summed E-state index contributed by atoms with van der Waals surface area (Å²) in [5.41, 5.74) is 0. The summed E-state index contributed by atoms with van der Waals surface area (Å²) in [6.45, 7) is 1.57. The fourth-order valence-electron chi connectivity index (χ4n) is 1.71. The fraction of sp³-hybridized carbons (Fsp3) is 0.545. The number of hydrogen-bond acceptors (Lipinski definition) is 6. The van der Waals surface area contributed by atoms with Gasteiger partial charge in [0.15, 0.2) is 6.19 Å². The number of aromatic nitrogens is 2. The lowest BCUT2D eigenvalue weighted by Gasteiger charge is -2.23. The van der Waals surface area contributed by atoms with Gasteiger partial charge in [-0.15, -0.1) is 0 Å². The number of anilines is 2. The van der Waals surface area contributed by atoms with Gasteiger partial charge in [-0.1, -0.05) is 0 Å². The summed E-state index contributed by atoms with van der Waals surface area (Å²) < 4.78 is 5.29. The van der Waals surface area contributed by atoms with E-state index in [2.05, 4.69) is 15.3 Å². The zero-order valence-corrected chi connectivity index (χ0v) is 9.76. The lowest BCUT2D eigenvalue weighted by atomic mass is 10.1. The quantitative estimate of drug-likeness (QED) is 0.619. The Bertz CT molecular complexity index is 411. The first-order valence-electron chi connectivity index (χ1n) is 5.59. The standard InChI is InChI=1S/C11H15N5O/c1-16(7-12)11-6-10(13-8-14-11)15-9-2-4-17-5-3-9/h6,8-9H,2-5H2,1H3,(H,13,14,15). The van der Waals surface area contributed by atoms with Gasteiger partial charge in [-0.05, 0) is 12.8 Å². The smallest absolute Gasteiger partial charge is 0.185 e. The van der Waals surface area contributed by atoms with Crippen molar-refractivity contribution in [2.24, 2.45) is 0 Å². The van der Waals surface area contributed by atoms with Crippen LogP contribution >= 0.6 is 0 Å². The van der Waals surface area contributed by atoms with Gasteiger partial charge < -0.3 is 10.1 Å². The van der Waals surface area contributed by atoms with Crippen molar-refractivity contribution >= 4 is 11.6 Å². The predicted octanol–water partition coefficient (Wildman–Crippen LogP) is 0.985. The Labute approximate surface area is 100 Å². The molecular formula is C11H15N5O. The second kappa shape index (κ2) is 5.46. The second-order valence-corrected chi connectivity index (χ2v) is 3.95. The van der Waals surface area contributed by atoms with E-state index in [0.717, 1.165) is 31.9 Å². The molecule has 90 valence electrons. The van der Waals surface area contributed by atoms with Crippen LogP contribution in [-0.4, -0.2) is 36.3 Å². The fourth-order valence-corrected chi connectivity index (χ4v) is 1.71. The molecule has 1 aliphatic heterocycles. The van der Waals surface area contributed by atoms with Crippen molar-refractivity contribution in [3.63, 3.8) is 0 Å².